The number of rotatable bonds is 6. The van der Waals surface area contributed by atoms with E-state index < -0.39 is 21.8 Å². The summed E-state index contributed by atoms with van der Waals surface area (Å²) in [6.07, 6.45) is 0. The molecule has 106 valence electrons. The molecule has 0 aromatic heterocycles. The Morgan fingerprint density at radius 2 is 1.79 bits per heavy atom. The largest absolute Gasteiger partial charge is 0.480 e. The first kappa shape index (κ1) is 15.5. The second-order valence-electron chi connectivity index (χ2n) is 4.63. The lowest BCUT2D eigenvalue weighted by molar-refractivity contribution is -0.138. The Balaban J connectivity index is 2.91. The number of nitrogens with one attached hydrogen (secondary N) is 1. The molecule has 0 fully saturated rings. The topological polar surface area (TPSA) is 83.5 Å². The van der Waals surface area contributed by atoms with Crippen LogP contribution in [0.2, 0.25) is 0 Å². The van der Waals surface area contributed by atoms with Crippen molar-refractivity contribution < 1.29 is 18.3 Å². The van der Waals surface area contributed by atoms with Crippen molar-refractivity contribution in [2.45, 2.75) is 31.7 Å². The maximum Gasteiger partial charge on any atom is 0.326 e. The highest BCUT2D eigenvalue weighted by atomic mass is 32.2. The zero-order chi connectivity index (χ0) is 14.6. The third-order valence-corrected chi connectivity index (χ3v) is 4.60. The number of anilines is 1. The second-order valence-corrected chi connectivity index (χ2v) is 6.91. The number of sulfone groups is 1. The molecule has 0 amide bonds. The van der Waals surface area contributed by atoms with Crippen LogP contribution in [-0.2, 0) is 14.6 Å². The molecule has 0 saturated heterocycles. The highest BCUT2D eigenvalue weighted by Gasteiger charge is 2.21. The van der Waals surface area contributed by atoms with E-state index in [1.54, 1.807) is 19.1 Å². The maximum absolute atomic E-state index is 11.6. The highest BCUT2D eigenvalue weighted by Crippen LogP contribution is 2.17. The van der Waals surface area contributed by atoms with Gasteiger partial charge in [-0.2, -0.15) is 0 Å². The van der Waals surface area contributed by atoms with Crippen molar-refractivity contribution in [1.82, 2.24) is 0 Å². The molecule has 5 nitrogen and oxygen atoms in total. The molecular weight excluding hydrogens is 266 g/mol. The summed E-state index contributed by atoms with van der Waals surface area (Å²) in [5.41, 5.74) is 0.594. The monoisotopic (exact) mass is 285 g/mol. The zero-order valence-corrected chi connectivity index (χ0v) is 12.1. The van der Waals surface area contributed by atoms with Gasteiger partial charge in [0.05, 0.1) is 10.6 Å². The molecule has 0 aliphatic carbocycles. The minimum absolute atomic E-state index is 0.0452. The summed E-state index contributed by atoms with van der Waals surface area (Å²) < 4.78 is 23.3. The quantitative estimate of drug-likeness (QED) is 0.835. The normalized spacial score (nSPS) is 13.3. The average molecular weight is 285 g/mol. The maximum atomic E-state index is 11.6. The molecule has 0 saturated carbocycles. The van der Waals surface area contributed by atoms with E-state index in [-0.39, 0.29) is 16.6 Å². The Kier molecular flexibility index (Phi) is 4.94. The third kappa shape index (κ3) is 3.96. The number of carboxylic acid groups (broad SMARTS) is 1. The zero-order valence-electron chi connectivity index (χ0n) is 11.3. The van der Waals surface area contributed by atoms with E-state index in [1.807, 2.05) is 13.8 Å². The van der Waals surface area contributed by atoms with Crippen molar-refractivity contribution >= 4 is 21.5 Å². The van der Waals surface area contributed by atoms with Crippen molar-refractivity contribution in [2.75, 3.05) is 11.1 Å². The van der Waals surface area contributed by atoms with E-state index in [0.29, 0.717) is 5.69 Å². The number of benzene rings is 1. The number of carbonyl (C=O) groups is 1. The summed E-state index contributed by atoms with van der Waals surface area (Å²) in [5, 5.41) is 11.9. The van der Waals surface area contributed by atoms with Crippen molar-refractivity contribution in [3.05, 3.63) is 24.3 Å². The van der Waals surface area contributed by atoms with Crippen LogP contribution in [0.3, 0.4) is 0 Å². The van der Waals surface area contributed by atoms with Crippen LogP contribution in [0.25, 0.3) is 0 Å². The molecule has 0 spiro atoms. The summed E-state index contributed by atoms with van der Waals surface area (Å²) in [7, 11) is -3.22. The van der Waals surface area contributed by atoms with Gasteiger partial charge in [0.1, 0.15) is 6.04 Å². The molecule has 1 rings (SSSR count). The molecule has 2 N–H and O–H groups in total. The van der Waals surface area contributed by atoms with Crippen LogP contribution in [0.4, 0.5) is 5.69 Å². The van der Waals surface area contributed by atoms with Crippen LogP contribution in [0.5, 0.6) is 0 Å². The Labute approximate surface area is 113 Å². The van der Waals surface area contributed by atoms with Crippen LogP contribution in [0.1, 0.15) is 20.8 Å². The Morgan fingerprint density at radius 3 is 2.16 bits per heavy atom. The Bertz CT molecular complexity index is 534. The summed E-state index contributed by atoms with van der Waals surface area (Å²) >= 11 is 0. The van der Waals surface area contributed by atoms with Gasteiger partial charge in [-0.05, 0) is 30.2 Å². The van der Waals surface area contributed by atoms with Gasteiger partial charge in [0, 0.05) is 5.69 Å². The molecule has 6 heteroatoms. The number of hydrogen-bond acceptors (Lipinski definition) is 4. The van der Waals surface area contributed by atoms with E-state index in [9.17, 15) is 13.2 Å². The lowest BCUT2D eigenvalue weighted by Crippen LogP contribution is -2.34. The van der Waals surface area contributed by atoms with Crippen molar-refractivity contribution in [1.29, 1.82) is 0 Å². The van der Waals surface area contributed by atoms with Crippen LogP contribution in [0.15, 0.2) is 29.2 Å². The number of aliphatic carboxylic acids is 1. The van der Waals surface area contributed by atoms with E-state index in [4.69, 9.17) is 5.11 Å². The van der Waals surface area contributed by atoms with Gasteiger partial charge in [-0.25, -0.2) is 13.2 Å². The summed E-state index contributed by atoms with van der Waals surface area (Å²) in [6.45, 7) is 5.20. The summed E-state index contributed by atoms with van der Waals surface area (Å²) in [6, 6.07) is 5.44. The van der Waals surface area contributed by atoms with Crippen molar-refractivity contribution in [3.8, 4) is 0 Å². The van der Waals surface area contributed by atoms with Gasteiger partial charge in [-0.15, -0.1) is 0 Å². The van der Waals surface area contributed by atoms with Gasteiger partial charge in [-0.1, -0.05) is 20.8 Å². The van der Waals surface area contributed by atoms with Gasteiger partial charge < -0.3 is 10.4 Å². The minimum Gasteiger partial charge on any atom is -0.480 e. The first-order valence-electron chi connectivity index (χ1n) is 6.10. The van der Waals surface area contributed by atoms with Crippen molar-refractivity contribution in [2.24, 2.45) is 5.92 Å². The molecule has 0 aliphatic heterocycles. The predicted molar refractivity (Wildman–Crippen MR) is 74.1 cm³/mol. The second kappa shape index (κ2) is 6.06. The van der Waals surface area contributed by atoms with E-state index >= 15 is 0 Å². The van der Waals surface area contributed by atoms with Gasteiger partial charge in [0.25, 0.3) is 0 Å². The van der Waals surface area contributed by atoms with Crippen LogP contribution in [0, 0.1) is 5.92 Å². The SMILES string of the molecule is CCS(=O)(=O)c1ccc(N[C@H](C(=O)O)C(C)C)cc1. The molecule has 0 aliphatic rings. The predicted octanol–water partition coefficient (Wildman–Crippen LogP) is 2.00. The molecule has 0 bridgehead atoms. The smallest absolute Gasteiger partial charge is 0.326 e. The fourth-order valence-electron chi connectivity index (χ4n) is 1.62. The highest BCUT2D eigenvalue weighted by molar-refractivity contribution is 7.91. The molecule has 0 radical (unpaired) electrons. The van der Waals surface area contributed by atoms with Gasteiger partial charge in [-0.3, -0.25) is 0 Å². The van der Waals surface area contributed by atoms with E-state index in [0.717, 1.165) is 0 Å². The number of carboxylic acids is 1. The molecule has 1 atom stereocenters. The molecule has 0 heterocycles. The van der Waals surface area contributed by atoms with Crippen molar-refractivity contribution in [3.63, 3.8) is 0 Å². The minimum atomic E-state index is -3.22. The first-order chi connectivity index (χ1) is 8.77. The van der Waals surface area contributed by atoms with Crippen LogP contribution < -0.4 is 5.32 Å². The average Bonchev–Trinajstić information content (AvgIpc) is 2.35. The lowest BCUT2D eigenvalue weighted by Gasteiger charge is -2.19. The van der Waals surface area contributed by atoms with Crippen LogP contribution in [-0.4, -0.2) is 31.3 Å². The fraction of sp³-hybridized carbons (Fsp3) is 0.462. The molecule has 1 aromatic carbocycles. The summed E-state index contributed by atoms with van der Waals surface area (Å²) in [5.74, 6) is -0.958. The Hall–Kier alpha value is -1.56. The fourth-order valence-corrected chi connectivity index (χ4v) is 2.50. The summed E-state index contributed by atoms with van der Waals surface area (Å²) in [4.78, 5) is 11.3. The first-order valence-corrected chi connectivity index (χ1v) is 7.75. The molecular formula is C13H19NO4S. The molecule has 19 heavy (non-hydrogen) atoms. The van der Waals surface area contributed by atoms with Gasteiger partial charge in [0.15, 0.2) is 9.84 Å². The van der Waals surface area contributed by atoms with Crippen LogP contribution >= 0.6 is 0 Å². The Morgan fingerprint density at radius 1 is 1.26 bits per heavy atom. The molecule has 1 aromatic rings. The van der Waals surface area contributed by atoms with Gasteiger partial charge in [0.2, 0.25) is 0 Å². The third-order valence-electron chi connectivity index (χ3n) is 2.85. The van der Waals surface area contributed by atoms with Gasteiger partial charge >= 0.3 is 5.97 Å². The number of hydrogen-bond donors (Lipinski definition) is 2. The standard InChI is InChI=1S/C13H19NO4S/c1-4-19(17,18)11-7-5-10(6-8-11)14-12(9(2)3)13(15)16/h5-9,12,14H,4H2,1-3H3,(H,15,16)/t12-/m0/s1. The lowest BCUT2D eigenvalue weighted by atomic mass is 10.0. The van der Waals surface area contributed by atoms with E-state index in [2.05, 4.69) is 5.32 Å². The van der Waals surface area contributed by atoms with E-state index in [1.165, 1.54) is 12.1 Å². The molecule has 0 unspecified atom stereocenters.